The fourth-order valence-corrected chi connectivity index (χ4v) is 5.64. The van der Waals surface area contributed by atoms with Crippen LogP contribution in [0.3, 0.4) is 0 Å². The summed E-state index contributed by atoms with van der Waals surface area (Å²) in [6, 6.07) is 19.7. The van der Waals surface area contributed by atoms with Crippen LogP contribution in [0, 0.1) is 0 Å². The summed E-state index contributed by atoms with van der Waals surface area (Å²) >= 11 is 0. The number of piperazine rings is 1. The van der Waals surface area contributed by atoms with Crippen molar-refractivity contribution in [1.82, 2.24) is 19.8 Å². The highest BCUT2D eigenvalue weighted by Crippen LogP contribution is 2.38. The van der Waals surface area contributed by atoms with Crippen LogP contribution in [-0.4, -0.2) is 57.9 Å². The summed E-state index contributed by atoms with van der Waals surface area (Å²) in [5.41, 5.74) is 12.1. The third-order valence-corrected chi connectivity index (χ3v) is 7.78. The molecule has 3 N–H and O–H groups in total. The fourth-order valence-electron chi connectivity index (χ4n) is 5.64. The molecule has 4 aromatic rings. The highest BCUT2D eigenvalue weighted by Gasteiger charge is 2.25. The molecule has 0 radical (unpaired) electrons. The van der Waals surface area contributed by atoms with E-state index >= 15 is 0 Å². The molecule has 1 atom stereocenters. The van der Waals surface area contributed by atoms with E-state index < -0.39 is 6.04 Å². The minimum atomic E-state index is -0.556. The number of aromatic amines is 1. The van der Waals surface area contributed by atoms with Gasteiger partial charge >= 0.3 is 0 Å². The van der Waals surface area contributed by atoms with E-state index in [1.54, 1.807) is 6.20 Å². The van der Waals surface area contributed by atoms with Gasteiger partial charge in [-0.25, -0.2) is 4.98 Å². The average Bonchev–Trinajstić information content (AvgIpc) is 3.65. The second kappa shape index (κ2) is 11.4. The van der Waals surface area contributed by atoms with E-state index in [2.05, 4.69) is 45.2 Å². The number of pyridine rings is 1. The van der Waals surface area contributed by atoms with Crippen molar-refractivity contribution in [2.24, 2.45) is 5.73 Å². The van der Waals surface area contributed by atoms with E-state index in [0.29, 0.717) is 19.5 Å². The number of fused-ring (bicyclic) bond motifs is 1. The Kier molecular flexibility index (Phi) is 7.43. The molecular weight excluding hydrogens is 486 g/mol. The first kappa shape index (κ1) is 25.3. The molecule has 6 rings (SSSR count). The van der Waals surface area contributed by atoms with E-state index in [1.807, 2.05) is 47.5 Å². The van der Waals surface area contributed by atoms with Crippen LogP contribution in [-0.2, 0) is 17.8 Å². The molecule has 0 spiro atoms. The van der Waals surface area contributed by atoms with E-state index in [-0.39, 0.29) is 5.91 Å². The number of carbonyl (C=O) groups is 1. The lowest BCUT2D eigenvalue weighted by atomic mass is 10.0. The van der Waals surface area contributed by atoms with E-state index in [0.717, 1.165) is 60.6 Å². The Labute approximate surface area is 229 Å². The number of hydrogen-bond donors (Lipinski definition) is 2. The van der Waals surface area contributed by atoms with Crippen molar-refractivity contribution in [2.45, 2.75) is 38.3 Å². The summed E-state index contributed by atoms with van der Waals surface area (Å²) in [6.07, 6.45) is 10.00. The van der Waals surface area contributed by atoms with Crippen molar-refractivity contribution < 1.29 is 9.53 Å². The maximum absolute atomic E-state index is 13.1. The van der Waals surface area contributed by atoms with Gasteiger partial charge in [-0.05, 0) is 60.6 Å². The summed E-state index contributed by atoms with van der Waals surface area (Å²) in [4.78, 5) is 25.1. The highest BCUT2D eigenvalue weighted by molar-refractivity contribution is 5.95. The van der Waals surface area contributed by atoms with Crippen LogP contribution >= 0.6 is 0 Å². The largest absolute Gasteiger partial charge is 0.457 e. The van der Waals surface area contributed by atoms with Crippen molar-refractivity contribution in [3.05, 3.63) is 95.8 Å². The highest BCUT2D eigenvalue weighted by atomic mass is 16.5. The first-order valence-corrected chi connectivity index (χ1v) is 13.9. The number of nitrogens with zero attached hydrogens (tertiary/aromatic N) is 3. The molecule has 7 nitrogen and oxygen atoms in total. The third kappa shape index (κ3) is 5.75. The van der Waals surface area contributed by atoms with Gasteiger partial charge < -0.3 is 20.4 Å². The molecule has 1 aliphatic heterocycles. The average molecular weight is 522 g/mol. The van der Waals surface area contributed by atoms with Crippen LogP contribution in [0.5, 0.6) is 11.5 Å². The van der Waals surface area contributed by atoms with E-state index in [1.165, 1.54) is 23.1 Å². The van der Waals surface area contributed by atoms with Gasteiger partial charge in [-0.15, -0.1) is 0 Å². The number of benzene rings is 2. The number of rotatable bonds is 8. The third-order valence-electron chi connectivity index (χ3n) is 7.78. The van der Waals surface area contributed by atoms with Gasteiger partial charge in [0.05, 0.1) is 11.4 Å². The van der Waals surface area contributed by atoms with Crippen LogP contribution in [0.1, 0.15) is 36.0 Å². The Hall–Kier alpha value is -3.94. The lowest BCUT2D eigenvalue weighted by molar-refractivity contribution is -0.134. The second-order valence-electron chi connectivity index (χ2n) is 10.5. The Morgan fingerprint density at radius 3 is 2.54 bits per heavy atom. The Morgan fingerprint density at radius 1 is 1.00 bits per heavy atom. The summed E-state index contributed by atoms with van der Waals surface area (Å²) in [5, 5.41) is 1.02. The zero-order chi connectivity index (χ0) is 26.6. The van der Waals surface area contributed by atoms with Crippen molar-refractivity contribution in [1.29, 1.82) is 0 Å². The lowest BCUT2D eigenvalue weighted by Crippen LogP contribution is -2.53. The maximum atomic E-state index is 13.1. The number of aromatic nitrogens is 2. The molecule has 1 saturated heterocycles. The molecule has 1 fully saturated rings. The quantitative estimate of drug-likeness (QED) is 0.335. The van der Waals surface area contributed by atoms with Gasteiger partial charge in [0.1, 0.15) is 17.1 Å². The fraction of sp³-hybridized carbons (Fsp3) is 0.312. The molecule has 2 aliphatic rings. The number of nitrogens with one attached hydrogen (secondary N) is 1. The minimum absolute atomic E-state index is 0.0232. The molecule has 3 heterocycles. The van der Waals surface area contributed by atoms with Gasteiger partial charge in [-0.3, -0.25) is 9.69 Å². The van der Waals surface area contributed by atoms with E-state index in [9.17, 15) is 4.79 Å². The summed E-state index contributed by atoms with van der Waals surface area (Å²) < 4.78 is 6.31. The Bertz CT molecular complexity index is 1450. The molecule has 0 saturated carbocycles. The number of amides is 1. The number of carbonyl (C=O) groups excluding carboxylic acids is 1. The normalized spacial score (nSPS) is 16.8. The molecular formula is C32H35N5O2. The van der Waals surface area contributed by atoms with Gasteiger partial charge in [0, 0.05) is 50.7 Å². The van der Waals surface area contributed by atoms with Gasteiger partial charge in [0.2, 0.25) is 5.91 Å². The minimum Gasteiger partial charge on any atom is -0.457 e. The first-order chi connectivity index (χ1) is 19.1. The summed E-state index contributed by atoms with van der Waals surface area (Å²) in [7, 11) is 0. The molecule has 2 aromatic carbocycles. The number of H-pyrrole nitrogens is 1. The zero-order valence-corrected chi connectivity index (χ0v) is 22.2. The van der Waals surface area contributed by atoms with Crippen molar-refractivity contribution >= 4 is 22.5 Å². The Morgan fingerprint density at radius 2 is 1.79 bits per heavy atom. The van der Waals surface area contributed by atoms with Crippen molar-refractivity contribution in [3.63, 3.8) is 0 Å². The predicted molar refractivity (Wildman–Crippen MR) is 154 cm³/mol. The second-order valence-corrected chi connectivity index (χ2v) is 10.5. The summed E-state index contributed by atoms with van der Waals surface area (Å²) in [6.45, 7) is 4.07. The van der Waals surface area contributed by atoms with Crippen molar-refractivity contribution in [2.75, 3.05) is 26.2 Å². The lowest BCUT2D eigenvalue weighted by Gasteiger charge is -2.36. The number of ether oxygens (including phenoxy) is 1. The molecule has 7 heteroatoms. The van der Waals surface area contributed by atoms with Crippen LogP contribution in [0.15, 0.2) is 79.1 Å². The molecule has 1 amide bonds. The summed E-state index contributed by atoms with van der Waals surface area (Å²) in [5.74, 6) is 1.55. The Balaban J connectivity index is 1.05. The van der Waals surface area contributed by atoms with Gasteiger partial charge in [-0.2, -0.15) is 0 Å². The topological polar surface area (TPSA) is 87.5 Å². The van der Waals surface area contributed by atoms with E-state index in [4.69, 9.17) is 10.5 Å². The van der Waals surface area contributed by atoms with Gasteiger partial charge in [0.25, 0.3) is 0 Å². The van der Waals surface area contributed by atoms with Gasteiger partial charge in [-0.1, -0.05) is 48.5 Å². The van der Waals surface area contributed by atoms with Crippen LogP contribution in [0.4, 0.5) is 0 Å². The molecule has 2 aromatic heterocycles. The molecule has 0 bridgehead atoms. The number of hydrogen-bond acceptors (Lipinski definition) is 5. The molecule has 0 unspecified atom stereocenters. The van der Waals surface area contributed by atoms with Crippen molar-refractivity contribution in [3.8, 4) is 11.5 Å². The molecule has 1 aliphatic carbocycles. The SMILES string of the molecule is N[C@@H](Cc1ccc(Oc2ccnc3[nH]cc(C4=CCCC4)c23)cc1)C(=O)N1CCN(Cc2ccccc2)CC1. The predicted octanol–water partition coefficient (Wildman–Crippen LogP) is 5.14. The number of nitrogens with two attached hydrogens (primary N) is 1. The van der Waals surface area contributed by atoms with Crippen LogP contribution in [0.2, 0.25) is 0 Å². The molecule has 200 valence electrons. The zero-order valence-electron chi connectivity index (χ0n) is 22.2. The van der Waals surface area contributed by atoms with Crippen LogP contribution < -0.4 is 10.5 Å². The van der Waals surface area contributed by atoms with Gasteiger partial charge in [0.15, 0.2) is 0 Å². The monoisotopic (exact) mass is 521 g/mol. The smallest absolute Gasteiger partial charge is 0.239 e. The molecule has 39 heavy (non-hydrogen) atoms. The maximum Gasteiger partial charge on any atom is 0.239 e. The number of allylic oxidation sites excluding steroid dienone is 2. The van der Waals surface area contributed by atoms with Crippen LogP contribution in [0.25, 0.3) is 16.6 Å². The standard InChI is InChI=1S/C32H35N5O2/c33-28(32(38)37-18-16-36(17-19-37)22-24-6-2-1-3-7-24)20-23-10-12-26(13-11-23)39-29-14-15-34-31-30(29)27(21-35-31)25-8-4-5-9-25/h1-3,6-8,10-15,21,28H,4-5,9,16-20,22,33H2,(H,34,35)/t28-/m0/s1. The first-order valence-electron chi connectivity index (χ1n) is 13.9.